The number of hydrogen-bond donors (Lipinski definition) is 2. The molecule has 1 aliphatic rings. The summed E-state index contributed by atoms with van der Waals surface area (Å²) in [6.07, 6.45) is 4.65. The Morgan fingerprint density at radius 3 is 2.69 bits per heavy atom. The number of aryl methyl sites for hydroxylation is 1. The van der Waals surface area contributed by atoms with Crippen molar-refractivity contribution in [3.63, 3.8) is 0 Å². The molecular weight excluding hydrogens is 330 g/mol. The Hall–Kier alpha value is -2.24. The van der Waals surface area contributed by atoms with E-state index in [1.54, 1.807) is 4.90 Å². The summed E-state index contributed by atoms with van der Waals surface area (Å²) in [4.78, 5) is 26.1. The monoisotopic (exact) mass is 361 g/mol. The summed E-state index contributed by atoms with van der Waals surface area (Å²) < 4.78 is 5.50. The molecule has 1 aliphatic heterocycles. The highest BCUT2D eigenvalue weighted by Crippen LogP contribution is 2.30. The molecule has 0 saturated carbocycles. The predicted molar refractivity (Wildman–Crippen MR) is 105 cm³/mol. The first-order valence-corrected chi connectivity index (χ1v) is 9.48. The summed E-state index contributed by atoms with van der Waals surface area (Å²) in [6.45, 7) is 9.04. The lowest BCUT2D eigenvalue weighted by Gasteiger charge is -2.32. The molecule has 0 atom stereocenters. The van der Waals surface area contributed by atoms with Crippen molar-refractivity contribution in [3.05, 3.63) is 23.8 Å². The van der Waals surface area contributed by atoms with Crippen LogP contribution in [0, 0.1) is 0 Å². The van der Waals surface area contributed by atoms with Gasteiger partial charge in [0.05, 0.1) is 5.69 Å². The van der Waals surface area contributed by atoms with Crippen LogP contribution in [-0.2, 0) is 11.2 Å². The molecule has 1 heterocycles. The molecule has 2 rings (SSSR count). The molecule has 0 unspecified atom stereocenters. The van der Waals surface area contributed by atoms with Crippen molar-refractivity contribution in [2.45, 2.75) is 65.4 Å². The van der Waals surface area contributed by atoms with E-state index >= 15 is 0 Å². The van der Waals surface area contributed by atoms with Gasteiger partial charge in [0.25, 0.3) is 0 Å². The van der Waals surface area contributed by atoms with E-state index in [9.17, 15) is 9.59 Å². The van der Waals surface area contributed by atoms with E-state index in [1.807, 2.05) is 39.0 Å². The largest absolute Gasteiger partial charge is 0.443 e. The second-order valence-corrected chi connectivity index (χ2v) is 7.67. The average molecular weight is 361 g/mol. The molecule has 3 amide bonds. The standard InChI is InChI=1S/C20H31N3O3/c1-5-6-7-12-21-18(24)22-16-10-11-17-15(14-16)9-8-13-23(17)19(25)26-20(2,3)4/h10-11,14H,5-9,12-13H2,1-4H3,(H2,21,22,24). The van der Waals surface area contributed by atoms with E-state index in [1.165, 1.54) is 0 Å². The second kappa shape index (κ2) is 8.92. The van der Waals surface area contributed by atoms with Gasteiger partial charge in [-0.3, -0.25) is 4.90 Å². The lowest BCUT2D eigenvalue weighted by atomic mass is 10.0. The summed E-state index contributed by atoms with van der Waals surface area (Å²) in [5.74, 6) is 0. The Bertz CT molecular complexity index is 638. The zero-order chi connectivity index (χ0) is 19.2. The minimum Gasteiger partial charge on any atom is -0.443 e. The fourth-order valence-electron chi connectivity index (χ4n) is 2.93. The number of urea groups is 1. The summed E-state index contributed by atoms with van der Waals surface area (Å²) in [5, 5.41) is 5.73. The van der Waals surface area contributed by atoms with Crippen molar-refractivity contribution in [2.75, 3.05) is 23.3 Å². The van der Waals surface area contributed by atoms with Crippen molar-refractivity contribution >= 4 is 23.5 Å². The molecule has 6 nitrogen and oxygen atoms in total. The molecule has 0 saturated heterocycles. The lowest BCUT2D eigenvalue weighted by Crippen LogP contribution is -2.39. The number of rotatable bonds is 5. The molecular formula is C20H31N3O3. The fraction of sp³-hybridized carbons (Fsp3) is 0.600. The maximum atomic E-state index is 12.4. The van der Waals surface area contributed by atoms with Crippen LogP contribution < -0.4 is 15.5 Å². The predicted octanol–water partition coefficient (Wildman–Crippen LogP) is 4.69. The van der Waals surface area contributed by atoms with E-state index in [0.717, 1.165) is 49.0 Å². The minimum absolute atomic E-state index is 0.194. The molecule has 26 heavy (non-hydrogen) atoms. The van der Waals surface area contributed by atoms with Gasteiger partial charge in [0.15, 0.2) is 0 Å². The number of carbonyl (C=O) groups is 2. The second-order valence-electron chi connectivity index (χ2n) is 7.67. The van der Waals surface area contributed by atoms with E-state index < -0.39 is 5.60 Å². The van der Waals surface area contributed by atoms with Gasteiger partial charge in [-0.1, -0.05) is 19.8 Å². The van der Waals surface area contributed by atoms with Crippen LogP contribution in [0.4, 0.5) is 21.0 Å². The Kier molecular flexibility index (Phi) is 6.89. The SMILES string of the molecule is CCCCCNC(=O)Nc1ccc2c(c1)CCCN2C(=O)OC(C)(C)C. The lowest BCUT2D eigenvalue weighted by molar-refractivity contribution is 0.0578. The Morgan fingerprint density at radius 2 is 2.00 bits per heavy atom. The van der Waals surface area contributed by atoms with Crippen molar-refractivity contribution in [1.29, 1.82) is 0 Å². The van der Waals surface area contributed by atoms with Crippen LogP contribution in [0.15, 0.2) is 18.2 Å². The topological polar surface area (TPSA) is 70.7 Å². The number of carbonyl (C=O) groups excluding carboxylic acids is 2. The first-order chi connectivity index (χ1) is 12.3. The maximum absolute atomic E-state index is 12.4. The van der Waals surface area contributed by atoms with Crippen LogP contribution in [0.1, 0.15) is 58.9 Å². The van der Waals surface area contributed by atoms with Crippen LogP contribution >= 0.6 is 0 Å². The minimum atomic E-state index is -0.522. The number of nitrogens with zero attached hydrogens (tertiary/aromatic N) is 1. The van der Waals surface area contributed by atoms with E-state index in [-0.39, 0.29) is 12.1 Å². The Labute approximate surface area is 156 Å². The van der Waals surface area contributed by atoms with Crippen molar-refractivity contribution in [2.24, 2.45) is 0 Å². The molecule has 0 aromatic heterocycles. The van der Waals surface area contributed by atoms with Crippen molar-refractivity contribution in [1.82, 2.24) is 5.32 Å². The molecule has 0 fully saturated rings. The summed E-state index contributed by atoms with van der Waals surface area (Å²) >= 11 is 0. The number of benzene rings is 1. The third kappa shape index (κ3) is 5.93. The number of unbranched alkanes of at least 4 members (excludes halogenated alkanes) is 2. The third-order valence-electron chi connectivity index (χ3n) is 4.14. The Balaban J connectivity index is 2.01. The molecule has 0 aliphatic carbocycles. The van der Waals surface area contributed by atoms with Crippen LogP contribution in [-0.4, -0.2) is 30.8 Å². The normalized spacial score (nSPS) is 13.8. The fourth-order valence-corrected chi connectivity index (χ4v) is 2.93. The van der Waals surface area contributed by atoms with Crippen molar-refractivity contribution in [3.8, 4) is 0 Å². The van der Waals surface area contributed by atoms with E-state index in [0.29, 0.717) is 13.1 Å². The zero-order valence-corrected chi connectivity index (χ0v) is 16.4. The van der Waals surface area contributed by atoms with Gasteiger partial charge in [-0.2, -0.15) is 0 Å². The number of ether oxygens (including phenoxy) is 1. The highest BCUT2D eigenvalue weighted by atomic mass is 16.6. The van der Waals surface area contributed by atoms with Gasteiger partial charge >= 0.3 is 12.1 Å². The van der Waals surface area contributed by atoms with Crippen LogP contribution in [0.25, 0.3) is 0 Å². The molecule has 6 heteroatoms. The third-order valence-corrected chi connectivity index (χ3v) is 4.14. The van der Waals surface area contributed by atoms with Crippen LogP contribution in [0.2, 0.25) is 0 Å². The maximum Gasteiger partial charge on any atom is 0.414 e. The zero-order valence-electron chi connectivity index (χ0n) is 16.4. The average Bonchev–Trinajstić information content (AvgIpc) is 2.56. The van der Waals surface area contributed by atoms with Gasteiger partial charge < -0.3 is 15.4 Å². The van der Waals surface area contributed by atoms with Crippen molar-refractivity contribution < 1.29 is 14.3 Å². The molecule has 0 bridgehead atoms. The van der Waals surface area contributed by atoms with Gasteiger partial charge in [0.2, 0.25) is 0 Å². The van der Waals surface area contributed by atoms with Gasteiger partial charge in [0, 0.05) is 18.8 Å². The summed E-state index contributed by atoms with van der Waals surface area (Å²) in [7, 11) is 0. The van der Waals surface area contributed by atoms with Crippen LogP contribution in [0.5, 0.6) is 0 Å². The number of fused-ring (bicyclic) bond motifs is 1. The molecule has 1 aromatic carbocycles. The molecule has 1 aromatic rings. The smallest absolute Gasteiger partial charge is 0.414 e. The summed E-state index contributed by atoms with van der Waals surface area (Å²) in [5.41, 5.74) is 2.12. The van der Waals surface area contributed by atoms with Gasteiger partial charge in [-0.25, -0.2) is 9.59 Å². The quantitative estimate of drug-likeness (QED) is 0.748. The van der Waals surface area contributed by atoms with Gasteiger partial charge in [-0.05, 0) is 63.8 Å². The molecule has 2 N–H and O–H groups in total. The van der Waals surface area contributed by atoms with Gasteiger partial charge in [0.1, 0.15) is 5.60 Å². The molecule has 144 valence electrons. The Morgan fingerprint density at radius 1 is 1.23 bits per heavy atom. The highest BCUT2D eigenvalue weighted by molar-refractivity contribution is 5.92. The number of hydrogen-bond acceptors (Lipinski definition) is 3. The van der Waals surface area contributed by atoms with E-state index in [2.05, 4.69) is 17.6 Å². The number of anilines is 2. The molecule has 0 spiro atoms. The van der Waals surface area contributed by atoms with E-state index in [4.69, 9.17) is 4.74 Å². The summed E-state index contributed by atoms with van der Waals surface area (Å²) in [6, 6.07) is 5.45. The number of nitrogens with one attached hydrogen (secondary N) is 2. The first-order valence-electron chi connectivity index (χ1n) is 9.48. The highest BCUT2D eigenvalue weighted by Gasteiger charge is 2.27. The number of amides is 3. The van der Waals surface area contributed by atoms with Crippen LogP contribution in [0.3, 0.4) is 0 Å². The first kappa shape index (κ1) is 20.1. The van der Waals surface area contributed by atoms with Gasteiger partial charge in [-0.15, -0.1) is 0 Å². The molecule has 0 radical (unpaired) electrons.